The number of hydrogen-bond donors (Lipinski definition) is 3. The van der Waals surface area contributed by atoms with E-state index < -0.39 is 18.3 Å². The molecule has 0 saturated heterocycles. The van der Waals surface area contributed by atoms with Gasteiger partial charge in [-0.1, -0.05) is 54.6 Å². The van der Waals surface area contributed by atoms with Crippen LogP contribution in [0.25, 0.3) is 11.1 Å². The third kappa shape index (κ3) is 4.39. The number of aliphatic hydroxyl groups excluding tert-OH is 2. The van der Waals surface area contributed by atoms with Gasteiger partial charge in [-0.3, -0.25) is 0 Å². The first kappa shape index (κ1) is 23.0. The van der Waals surface area contributed by atoms with Crippen LogP contribution in [0.1, 0.15) is 51.0 Å². The van der Waals surface area contributed by atoms with Gasteiger partial charge in [0.05, 0.1) is 0 Å². The molecule has 4 rings (SSSR count). The first-order valence-electron chi connectivity index (χ1n) is 11.3. The van der Waals surface area contributed by atoms with Crippen molar-refractivity contribution in [2.24, 2.45) is 0 Å². The standard InChI is InChI=1S/C28H31NO4/c1-16-13-17(2)19(4)26(18(16)3)27(31)25(30)14-29-28(32)33-15-24-22-11-7-5-9-20(22)21-10-6-8-12-23(21)24/h5-13,24-25,27,30-31H,14-15H2,1-4H3,(H,29,32). The number of aliphatic hydroxyl groups is 2. The second-order valence-electron chi connectivity index (χ2n) is 8.89. The van der Waals surface area contributed by atoms with E-state index in [9.17, 15) is 15.0 Å². The number of fused-ring (bicyclic) bond motifs is 3. The number of carbonyl (C=O) groups is 1. The van der Waals surface area contributed by atoms with E-state index in [0.29, 0.717) is 5.56 Å². The number of benzene rings is 3. The minimum atomic E-state index is -1.15. The number of amides is 1. The SMILES string of the molecule is Cc1cc(C)c(C)c(C(O)C(O)CNC(=O)OCC2c3ccccc3-c3ccccc32)c1C. The minimum Gasteiger partial charge on any atom is -0.449 e. The van der Waals surface area contributed by atoms with E-state index in [1.807, 2.05) is 52.0 Å². The Bertz CT molecular complexity index is 1110. The summed E-state index contributed by atoms with van der Waals surface area (Å²) in [6.07, 6.45) is -2.86. The van der Waals surface area contributed by atoms with Gasteiger partial charge in [-0.25, -0.2) is 4.79 Å². The number of ether oxygens (including phenoxy) is 1. The molecule has 172 valence electrons. The summed E-state index contributed by atoms with van der Waals surface area (Å²) in [5, 5.41) is 24.0. The summed E-state index contributed by atoms with van der Waals surface area (Å²) in [4.78, 5) is 12.4. The molecule has 0 radical (unpaired) electrons. The molecular formula is C28H31NO4. The third-order valence-corrected chi connectivity index (χ3v) is 6.88. The molecule has 0 fully saturated rings. The Balaban J connectivity index is 1.38. The normalized spacial score (nSPS) is 14.4. The first-order valence-corrected chi connectivity index (χ1v) is 11.3. The van der Waals surface area contributed by atoms with Crippen LogP contribution in [0, 0.1) is 27.7 Å². The molecule has 0 spiro atoms. The molecule has 5 nitrogen and oxygen atoms in total. The number of hydrogen-bond acceptors (Lipinski definition) is 4. The van der Waals surface area contributed by atoms with E-state index in [1.54, 1.807) is 0 Å². The molecule has 0 saturated carbocycles. The summed E-state index contributed by atoms with van der Waals surface area (Å²) in [6.45, 7) is 7.94. The van der Waals surface area contributed by atoms with Gasteiger partial charge in [-0.05, 0) is 77.8 Å². The number of aryl methyl sites for hydroxylation is 2. The zero-order chi connectivity index (χ0) is 23.7. The van der Waals surface area contributed by atoms with E-state index in [2.05, 4.69) is 35.6 Å². The van der Waals surface area contributed by atoms with Gasteiger partial charge in [0.2, 0.25) is 0 Å². The topological polar surface area (TPSA) is 78.8 Å². The van der Waals surface area contributed by atoms with Crippen molar-refractivity contribution in [3.8, 4) is 11.1 Å². The Labute approximate surface area is 195 Å². The van der Waals surface area contributed by atoms with E-state index in [4.69, 9.17) is 4.74 Å². The summed E-state index contributed by atoms with van der Waals surface area (Å²) in [5.41, 5.74) is 9.35. The molecular weight excluding hydrogens is 414 g/mol. The monoisotopic (exact) mass is 445 g/mol. The van der Waals surface area contributed by atoms with Crippen LogP contribution >= 0.6 is 0 Å². The molecule has 3 aromatic carbocycles. The van der Waals surface area contributed by atoms with Crippen LogP contribution in [0.5, 0.6) is 0 Å². The minimum absolute atomic E-state index is 0.0285. The summed E-state index contributed by atoms with van der Waals surface area (Å²) in [7, 11) is 0. The quantitative estimate of drug-likeness (QED) is 0.507. The van der Waals surface area contributed by atoms with Gasteiger partial charge in [0, 0.05) is 12.5 Å². The van der Waals surface area contributed by atoms with Gasteiger partial charge in [0.1, 0.15) is 18.8 Å². The summed E-state index contributed by atoms with van der Waals surface area (Å²) >= 11 is 0. The van der Waals surface area contributed by atoms with Gasteiger partial charge < -0.3 is 20.3 Å². The van der Waals surface area contributed by atoms with Crippen molar-refractivity contribution in [2.45, 2.75) is 45.8 Å². The Morgan fingerprint density at radius 2 is 1.42 bits per heavy atom. The predicted octanol–water partition coefficient (Wildman–Crippen LogP) is 4.85. The van der Waals surface area contributed by atoms with E-state index in [1.165, 1.54) is 11.1 Å². The fraction of sp³-hybridized carbons (Fsp3) is 0.321. The first-order chi connectivity index (χ1) is 15.8. The van der Waals surface area contributed by atoms with Crippen molar-refractivity contribution >= 4 is 6.09 Å². The molecule has 3 N–H and O–H groups in total. The maximum Gasteiger partial charge on any atom is 0.407 e. The number of alkyl carbamates (subject to hydrolysis) is 1. The van der Waals surface area contributed by atoms with Crippen molar-refractivity contribution in [1.82, 2.24) is 5.32 Å². The second-order valence-corrected chi connectivity index (χ2v) is 8.89. The molecule has 33 heavy (non-hydrogen) atoms. The summed E-state index contributed by atoms with van der Waals surface area (Å²) in [5.74, 6) is -0.0285. The number of rotatable bonds is 6. The molecule has 0 heterocycles. The average molecular weight is 446 g/mol. The van der Waals surface area contributed by atoms with Crippen molar-refractivity contribution in [3.05, 3.63) is 93.5 Å². The highest BCUT2D eigenvalue weighted by Crippen LogP contribution is 2.44. The lowest BCUT2D eigenvalue weighted by Crippen LogP contribution is -2.36. The Morgan fingerprint density at radius 3 is 1.97 bits per heavy atom. The molecule has 3 aromatic rings. The van der Waals surface area contributed by atoms with Crippen molar-refractivity contribution in [2.75, 3.05) is 13.2 Å². The van der Waals surface area contributed by atoms with E-state index in [0.717, 1.165) is 33.4 Å². The van der Waals surface area contributed by atoms with Crippen LogP contribution in [-0.2, 0) is 4.74 Å². The van der Waals surface area contributed by atoms with Crippen molar-refractivity contribution < 1.29 is 19.7 Å². The highest BCUT2D eigenvalue weighted by Gasteiger charge is 2.29. The van der Waals surface area contributed by atoms with Crippen molar-refractivity contribution in [3.63, 3.8) is 0 Å². The molecule has 1 aliphatic carbocycles. The second kappa shape index (κ2) is 9.38. The Morgan fingerprint density at radius 1 is 0.909 bits per heavy atom. The lowest BCUT2D eigenvalue weighted by atomic mass is 9.89. The van der Waals surface area contributed by atoms with Crippen molar-refractivity contribution in [1.29, 1.82) is 0 Å². The van der Waals surface area contributed by atoms with Crippen LogP contribution in [0.15, 0.2) is 54.6 Å². The van der Waals surface area contributed by atoms with Gasteiger partial charge >= 0.3 is 6.09 Å². The van der Waals surface area contributed by atoms with Gasteiger partial charge in [0.25, 0.3) is 0 Å². The van der Waals surface area contributed by atoms with Crippen LogP contribution in [0.2, 0.25) is 0 Å². The van der Waals surface area contributed by atoms with Gasteiger partial charge in [-0.2, -0.15) is 0 Å². The maximum atomic E-state index is 12.4. The molecule has 1 amide bonds. The summed E-state index contributed by atoms with van der Waals surface area (Å²) in [6, 6.07) is 18.4. The smallest absolute Gasteiger partial charge is 0.407 e. The van der Waals surface area contributed by atoms with E-state index >= 15 is 0 Å². The van der Waals surface area contributed by atoms with Crippen LogP contribution in [0.4, 0.5) is 4.79 Å². The molecule has 5 heteroatoms. The molecule has 0 aromatic heterocycles. The molecule has 2 atom stereocenters. The highest BCUT2D eigenvalue weighted by atomic mass is 16.5. The fourth-order valence-corrected chi connectivity index (χ4v) is 4.83. The Hall–Kier alpha value is -3.15. The zero-order valence-corrected chi connectivity index (χ0v) is 19.6. The number of carbonyl (C=O) groups excluding carboxylic acids is 1. The zero-order valence-electron chi connectivity index (χ0n) is 19.6. The maximum absolute atomic E-state index is 12.4. The molecule has 0 aliphatic heterocycles. The van der Waals surface area contributed by atoms with Crippen LogP contribution in [-0.4, -0.2) is 35.6 Å². The Kier molecular flexibility index (Phi) is 6.54. The largest absolute Gasteiger partial charge is 0.449 e. The lowest BCUT2D eigenvalue weighted by Gasteiger charge is -2.24. The molecule has 0 bridgehead atoms. The average Bonchev–Trinajstić information content (AvgIpc) is 3.13. The van der Waals surface area contributed by atoms with Gasteiger partial charge in [0.15, 0.2) is 0 Å². The fourth-order valence-electron chi connectivity index (χ4n) is 4.83. The molecule has 2 unspecified atom stereocenters. The van der Waals surface area contributed by atoms with Crippen LogP contribution < -0.4 is 5.32 Å². The number of nitrogens with one attached hydrogen (secondary N) is 1. The van der Waals surface area contributed by atoms with Crippen LogP contribution in [0.3, 0.4) is 0 Å². The van der Waals surface area contributed by atoms with E-state index in [-0.39, 0.29) is 19.1 Å². The third-order valence-electron chi connectivity index (χ3n) is 6.88. The lowest BCUT2D eigenvalue weighted by molar-refractivity contribution is 0.0178. The predicted molar refractivity (Wildman–Crippen MR) is 129 cm³/mol. The molecule has 1 aliphatic rings. The summed E-state index contributed by atoms with van der Waals surface area (Å²) < 4.78 is 5.52. The highest BCUT2D eigenvalue weighted by molar-refractivity contribution is 5.79. The van der Waals surface area contributed by atoms with Gasteiger partial charge in [-0.15, -0.1) is 0 Å².